The second-order valence-electron chi connectivity index (χ2n) is 8.10. The molecule has 0 atom stereocenters. The molecule has 4 rings (SSSR count). The molecule has 1 aromatic heterocycles. The van der Waals surface area contributed by atoms with Gasteiger partial charge in [-0.25, -0.2) is 0 Å². The highest BCUT2D eigenvalue weighted by Gasteiger charge is 2.21. The van der Waals surface area contributed by atoms with Crippen molar-refractivity contribution in [1.82, 2.24) is 10.6 Å². The van der Waals surface area contributed by atoms with Gasteiger partial charge in [-0.05, 0) is 49.2 Å². The summed E-state index contributed by atoms with van der Waals surface area (Å²) in [7, 11) is 0. The zero-order chi connectivity index (χ0) is 23.8. The largest absolute Gasteiger partial charge is 0.467 e. The molecule has 0 bridgehead atoms. The lowest BCUT2D eigenvalue weighted by Crippen LogP contribution is -2.33. The van der Waals surface area contributed by atoms with Crippen LogP contribution in [0.3, 0.4) is 0 Å². The molecule has 3 amide bonds. The van der Waals surface area contributed by atoms with Crippen LogP contribution in [0.5, 0.6) is 0 Å². The number of benzene rings is 2. The third kappa shape index (κ3) is 6.29. The number of nitrogens with one attached hydrogen (secondary N) is 3. The lowest BCUT2D eigenvalue weighted by Gasteiger charge is -2.15. The minimum Gasteiger partial charge on any atom is -0.467 e. The molecule has 1 saturated carbocycles. The van der Waals surface area contributed by atoms with E-state index >= 15 is 0 Å². The number of hydrogen-bond acceptors (Lipinski definition) is 5. The molecule has 8 heteroatoms. The Labute approximate surface area is 202 Å². The van der Waals surface area contributed by atoms with Crippen molar-refractivity contribution in [3.05, 3.63) is 83.8 Å². The number of thioether (sulfide) groups is 1. The molecule has 1 aliphatic carbocycles. The Balaban J connectivity index is 1.39. The van der Waals surface area contributed by atoms with Gasteiger partial charge in [0.05, 0.1) is 35.4 Å². The van der Waals surface area contributed by atoms with Crippen LogP contribution in [0.1, 0.15) is 52.2 Å². The molecule has 0 radical (unpaired) electrons. The van der Waals surface area contributed by atoms with Gasteiger partial charge in [0.1, 0.15) is 5.76 Å². The van der Waals surface area contributed by atoms with E-state index in [2.05, 4.69) is 16.0 Å². The van der Waals surface area contributed by atoms with Gasteiger partial charge >= 0.3 is 0 Å². The molecule has 7 nitrogen and oxygen atoms in total. The van der Waals surface area contributed by atoms with Gasteiger partial charge in [0.25, 0.3) is 11.8 Å². The Morgan fingerprint density at radius 2 is 1.62 bits per heavy atom. The van der Waals surface area contributed by atoms with Crippen LogP contribution in [-0.2, 0) is 11.3 Å². The number of carbonyl (C=O) groups is 3. The lowest BCUT2D eigenvalue weighted by atomic mass is 10.1. The average molecular weight is 478 g/mol. The maximum Gasteiger partial charge on any atom is 0.256 e. The highest BCUT2D eigenvalue weighted by molar-refractivity contribution is 8.00. The minimum atomic E-state index is -0.333. The molecule has 0 unspecified atom stereocenters. The number of hydrogen-bond donors (Lipinski definition) is 3. The van der Waals surface area contributed by atoms with Gasteiger partial charge < -0.3 is 20.4 Å². The average Bonchev–Trinajstić information content (AvgIpc) is 3.56. The quantitative estimate of drug-likeness (QED) is 0.391. The van der Waals surface area contributed by atoms with E-state index in [1.165, 1.54) is 11.8 Å². The van der Waals surface area contributed by atoms with Gasteiger partial charge in [-0.15, -0.1) is 11.8 Å². The van der Waals surface area contributed by atoms with Crippen molar-refractivity contribution in [1.29, 1.82) is 0 Å². The molecule has 0 spiro atoms. The fourth-order valence-electron chi connectivity index (χ4n) is 3.89. The van der Waals surface area contributed by atoms with E-state index in [1.54, 1.807) is 60.9 Å². The van der Waals surface area contributed by atoms with Crippen molar-refractivity contribution in [3.63, 3.8) is 0 Å². The molecule has 34 heavy (non-hydrogen) atoms. The van der Waals surface area contributed by atoms with Crippen LogP contribution in [0, 0.1) is 0 Å². The van der Waals surface area contributed by atoms with Gasteiger partial charge in [-0.1, -0.05) is 37.1 Å². The van der Waals surface area contributed by atoms with Crippen molar-refractivity contribution >= 4 is 35.2 Å². The smallest absolute Gasteiger partial charge is 0.256 e. The van der Waals surface area contributed by atoms with E-state index in [0.717, 1.165) is 25.7 Å². The van der Waals surface area contributed by atoms with Crippen molar-refractivity contribution < 1.29 is 18.8 Å². The summed E-state index contributed by atoms with van der Waals surface area (Å²) >= 11 is 1.28. The summed E-state index contributed by atoms with van der Waals surface area (Å²) in [6.45, 7) is 0.314. The van der Waals surface area contributed by atoms with Gasteiger partial charge in [0.15, 0.2) is 0 Å². The number of carbonyl (C=O) groups excluding carboxylic acids is 3. The molecule has 3 N–H and O–H groups in total. The van der Waals surface area contributed by atoms with Crippen LogP contribution < -0.4 is 16.0 Å². The summed E-state index contributed by atoms with van der Waals surface area (Å²) in [5, 5.41) is 8.74. The fourth-order valence-corrected chi connectivity index (χ4v) is 4.77. The molecule has 3 aromatic rings. The first-order valence-corrected chi connectivity index (χ1v) is 12.3. The Morgan fingerprint density at radius 1 is 0.882 bits per heavy atom. The molecular weight excluding hydrogens is 450 g/mol. The monoisotopic (exact) mass is 477 g/mol. The Morgan fingerprint density at radius 3 is 2.38 bits per heavy atom. The van der Waals surface area contributed by atoms with E-state index in [-0.39, 0.29) is 29.5 Å². The summed E-state index contributed by atoms with van der Waals surface area (Å²) in [4.78, 5) is 38.8. The third-order valence-electron chi connectivity index (χ3n) is 5.64. The predicted octanol–water partition coefficient (Wildman–Crippen LogP) is 4.61. The summed E-state index contributed by atoms with van der Waals surface area (Å²) in [5.41, 5.74) is 1.33. The lowest BCUT2D eigenvalue weighted by molar-refractivity contribution is -0.118. The van der Waals surface area contributed by atoms with Crippen LogP contribution >= 0.6 is 11.8 Å². The number of rotatable bonds is 9. The van der Waals surface area contributed by atoms with Crippen molar-refractivity contribution in [2.75, 3.05) is 11.1 Å². The molecule has 0 aliphatic heterocycles. The standard InChI is InChI=1S/C26H27N3O4S/c30-24(27-16-19-10-7-15-33-19)17-34-23-14-6-4-12-21(23)26(32)29-22-13-5-3-11-20(22)25(31)28-18-8-1-2-9-18/h3-7,10-15,18H,1-2,8-9,16-17H2,(H,27,30)(H,28,31)(H,29,32). The molecule has 1 fully saturated rings. The first kappa shape index (κ1) is 23.6. The minimum absolute atomic E-state index is 0.158. The second kappa shape index (κ2) is 11.6. The molecule has 176 valence electrons. The van der Waals surface area contributed by atoms with E-state index in [9.17, 15) is 14.4 Å². The Bertz CT molecular complexity index is 1140. The van der Waals surface area contributed by atoms with Crippen LogP contribution in [-0.4, -0.2) is 29.5 Å². The maximum absolute atomic E-state index is 13.1. The summed E-state index contributed by atoms with van der Waals surface area (Å²) in [6.07, 6.45) is 5.78. The third-order valence-corrected chi connectivity index (χ3v) is 6.71. The number of furan rings is 1. The molecule has 2 aromatic carbocycles. The first-order valence-electron chi connectivity index (χ1n) is 11.3. The normalized spacial score (nSPS) is 13.4. The first-order chi connectivity index (χ1) is 16.6. The number of amides is 3. The van der Waals surface area contributed by atoms with Crippen LogP contribution in [0.2, 0.25) is 0 Å². The molecule has 1 aliphatic rings. The van der Waals surface area contributed by atoms with Crippen LogP contribution in [0.15, 0.2) is 76.2 Å². The number of anilines is 1. The maximum atomic E-state index is 13.1. The summed E-state index contributed by atoms with van der Waals surface area (Å²) in [5.74, 6) is 0.156. The van der Waals surface area contributed by atoms with Crippen LogP contribution in [0.4, 0.5) is 5.69 Å². The van der Waals surface area contributed by atoms with E-state index in [0.29, 0.717) is 34.0 Å². The van der Waals surface area contributed by atoms with Gasteiger partial charge in [0.2, 0.25) is 5.91 Å². The summed E-state index contributed by atoms with van der Waals surface area (Å²) in [6, 6.07) is 17.8. The van der Waals surface area contributed by atoms with Crippen LogP contribution in [0.25, 0.3) is 0 Å². The Hall–Kier alpha value is -3.52. The predicted molar refractivity (Wildman–Crippen MR) is 132 cm³/mol. The molecule has 0 saturated heterocycles. The van der Waals surface area contributed by atoms with E-state index < -0.39 is 0 Å². The fraction of sp³-hybridized carbons (Fsp3) is 0.269. The molecular formula is C26H27N3O4S. The van der Waals surface area contributed by atoms with Crippen molar-refractivity contribution in [3.8, 4) is 0 Å². The zero-order valence-electron chi connectivity index (χ0n) is 18.7. The van der Waals surface area contributed by atoms with Gasteiger partial charge in [-0.3, -0.25) is 14.4 Å². The second-order valence-corrected chi connectivity index (χ2v) is 9.11. The van der Waals surface area contributed by atoms with Crippen molar-refractivity contribution in [2.45, 2.75) is 43.2 Å². The van der Waals surface area contributed by atoms with E-state index in [1.807, 2.05) is 6.07 Å². The molecule has 1 heterocycles. The topological polar surface area (TPSA) is 100 Å². The van der Waals surface area contributed by atoms with Gasteiger partial charge in [0, 0.05) is 10.9 Å². The zero-order valence-corrected chi connectivity index (χ0v) is 19.5. The van der Waals surface area contributed by atoms with E-state index in [4.69, 9.17) is 4.42 Å². The Kier molecular flexibility index (Phi) is 8.04. The number of para-hydroxylation sites is 1. The summed E-state index contributed by atoms with van der Waals surface area (Å²) < 4.78 is 5.21. The van der Waals surface area contributed by atoms with Gasteiger partial charge in [-0.2, -0.15) is 0 Å². The SMILES string of the molecule is O=C(CSc1ccccc1C(=O)Nc1ccccc1C(=O)NC1CCCC1)NCc1ccco1. The van der Waals surface area contributed by atoms with Crippen molar-refractivity contribution in [2.24, 2.45) is 0 Å². The highest BCUT2D eigenvalue weighted by atomic mass is 32.2. The highest BCUT2D eigenvalue weighted by Crippen LogP contribution is 2.25.